The Morgan fingerprint density at radius 2 is 1.79 bits per heavy atom. The number of aromatic nitrogens is 4. The van der Waals surface area contributed by atoms with Crippen LogP contribution in [0.1, 0.15) is 53.1 Å². The highest BCUT2D eigenvalue weighted by Gasteiger charge is 2.31. The smallest absolute Gasteiger partial charge is 0.254 e. The molecule has 2 amide bonds. The number of carbonyl (C=O) groups is 2. The lowest BCUT2D eigenvalue weighted by Gasteiger charge is -2.29. The molecular weight excluding hydrogens is 428 g/mol. The van der Waals surface area contributed by atoms with E-state index >= 15 is 0 Å². The van der Waals surface area contributed by atoms with Crippen molar-refractivity contribution in [2.45, 2.75) is 44.7 Å². The van der Waals surface area contributed by atoms with Crippen LogP contribution < -0.4 is 5.32 Å². The number of nitrogens with one attached hydrogen (secondary N) is 1. The second kappa shape index (κ2) is 10.2. The highest BCUT2D eigenvalue weighted by molar-refractivity contribution is 5.98. The van der Waals surface area contributed by atoms with Crippen LogP contribution in [-0.4, -0.2) is 50.0 Å². The number of amides is 2. The maximum Gasteiger partial charge on any atom is 0.254 e. The van der Waals surface area contributed by atoms with E-state index < -0.39 is 0 Å². The summed E-state index contributed by atoms with van der Waals surface area (Å²) >= 11 is 0. The lowest BCUT2D eigenvalue weighted by molar-refractivity contribution is -0.126. The van der Waals surface area contributed by atoms with Gasteiger partial charge in [-0.3, -0.25) is 9.59 Å². The molecular formula is C26H30N6O2. The standard InChI is InChI=1S/C26H30N6O2/c33-25(21-12-10-19(11-13-21)15-32-18-28-29-30-32)27-14-23(20-6-2-1-3-7-20)17-31-16-22-8-4-5-9-24(22)26(31)34/h1-9,18-19,21,23H,10-17H2,(H,27,33)/t19?,21?,23-/m0/s1. The molecule has 8 heteroatoms. The number of fused-ring (bicyclic) bond motifs is 1. The number of carbonyl (C=O) groups excluding carboxylic acids is 2. The molecule has 0 unspecified atom stereocenters. The third kappa shape index (κ3) is 5.00. The van der Waals surface area contributed by atoms with Crippen LogP contribution in [0, 0.1) is 11.8 Å². The second-order valence-electron chi connectivity index (χ2n) is 9.45. The molecule has 1 N–H and O–H groups in total. The average molecular weight is 459 g/mol. The molecule has 3 aromatic rings. The first-order chi connectivity index (χ1) is 16.7. The van der Waals surface area contributed by atoms with Gasteiger partial charge in [0.1, 0.15) is 6.33 Å². The van der Waals surface area contributed by atoms with E-state index in [2.05, 4.69) is 33.0 Å². The monoisotopic (exact) mass is 458 g/mol. The van der Waals surface area contributed by atoms with Gasteiger partial charge in [0.2, 0.25) is 5.91 Å². The molecule has 8 nitrogen and oxygen atoms in total. The van der Waals surface area contributed by atoms with E-state index in [1.165, 1.54) is 0 Å². The van der Waals surface area contributed by atoms with Gasteiger partial charge >= 0.3 is 0 Å². The van der Waals surface area contributed by atoms with Crippen LogP contribution in [0.4, 0.5) is 0 Å². The van der Waals surface area contributed by atoms with Crippen molar-refractivity contribution < 1.29 is 9.59 Å². The highest BCUT2D eigenvalue weighted by Crippen LogP contribution is 2.30. The molecule has 2 heterocycles. The Labute approximate surface area is 199 Å². The van der Waals surface area contributed by atoms with Crippen LogP contribution in [0.5, 0.6) is 0 Å². The Balaban J connectivity index is 1.17. The fourth-order valence-corrected chi connectivity index (χ4v) is 5.24. The fraction of sp³-hybridized carbons (Fsp3) is 0.423. The Bertz CT molecular complexity index is 1110. The minimum atomic E-state index is 0.0409. The molecule has 1 aliphatic carbocycles. The SMILES string of the molecule is O=C(NC[C@@H](CN1Cc2ccccc2C1=O)c1ccccc1)C1CCC(Cn2cnnn2)CC1. The van der Waals surface area contributed by atoms with Crippen LogP contribution in [0.25, 0.3) is 0 Å². The zero-order chi connectivity index (χ0) is 23.3. The molecule has 1 atom stereocenters. The van der Waals surface area contributed by atoms with Gasteiger partial charge in [-0.2, -0.15) is 0 Å². The van der Waals surface area contributed by atoms with Crippen molar-refractivity contribution in [2.24, 2.45) is 11.8 Å². The van der Waals surface area contributed by atoms with Crippen LogP contribution >= 0.6 is 0 Å². The van der Waals surface area contributed by atoms with E-state index in [0.29, 0.717) is 25.6 Å². The van der Waals surface area contributed by atoms with E-state index in [1.807, 2.05) is 47.4 Å². The quantitative estimate of drug-likeness (QED) is 0.560. The van der Waals surface area contributed by atoms with E-state index in [1.54, 1.807) is 11.0 Å². The van der Waals surface area contributed by atoms with Gasteiger partial charge in [-0.25, -0.2) is 4.68 Å². The number of hydrogen-bond acceptors (Lipinski definition) is 5. The van der Waals surface area contributed by atoms with Crippen molar-refractivity contribution in [1.29, 1.82) is 0 Å². The van der Waals surface area contributed by atoms with E-state index in [-0.39, 0.29) is 23.7 Å². The van der Waals surface area contributed by atoms with Gasteiger partial charge in [-0.1, -0.05) is 48.5 Å². The third-order valence-electron chi connectivity index (χ3n) is 7.18. The van der Waals surface area contributed by atoms with Crippen molar-refractivity contribution in [3.05, 3.63) is 77.6 Å². The number of benzene rings is 2. The molecule has 5 rings (SSSR count). The summed E-state index contributed by atoms with van der Waals surface area (Å²) in [5, 5.41) is 14.5. The first-order valence-corrected chi connectivity index (χ1v) is 12.1. The number of hydrogen-bond donors (Lipinski definition) is 1. The zero-order valence-electron chi connectivity index (χ0n) is 19.2. The zero-order valence-corrected chi connectivity index (χ0v) is 19.2. The molecule has 0 saturated heterocycles. The summed E-state index contributed by atoms with van der Waals surface area (Å²) in [6.45, 7) is 2.53. The summed E-state index contributed by atoms with van der Waals surface area (Å²) in [5.41, 5.74) is 3.00. The van der Waals surface area contributed by atoms with Gasteiger partial charge in [0.25, 0.3) is 5.91 Å². The number of rotatable bonds is 8. The summed E-state index contributed by atoms with van der Waals surface area (Å²) in [5.74, 6) is 0.785. The largest absolute Gasteiger partial charge is 0.355 e. The number of tetrazole rings is 1. The predicted molar refractivity (Wildman–Crippen MR) is 127 cm³/mol. The molecule has 176 valence electrons. The van der Waals surface area contributed by atoms with Gasteiger partial charge in [0.05, 0.1) is 0 Å². The van der Waals surface area contributed by atoms with Crippen molar-refractivity contribution >= 4 is 11.8 Å². The van der Waals surface area contributed by atoms with Gasteiger partial charge in [-0.05, 0) is 59.2 Å². The van der Waals surface area contributed by atoms with Gasteiger partial charge in [-0.15, -0.1) is 5.10 Å². The summed E-state index contributed by atoms with van der Waals surface area (Å²) < 4.78 is 1.77. The maximum atomic E-state index is 13.0. The summed E-state index contributed by atoms with van der Waals surface area (Å²) in [6.07, 6.45) is 5.41. The summed E-state index contributed by atoms with van der Waals surface area (Å²) in [6, 6.07) is 18.0. The lowest BCUT2D eigenvalue weighted by atomic mass is 9.81. The van der Waals surface area contributed by atoms with Crippen LogP contribution in [0.3, 0.4) is 0 Å². The normalized spacial score (nSPS) is 20.7. The molecule has 34 heavy (non-hydrogen) atoms. The van der Waals surface area contributed by atoms with Gasteiger partial charge in [0, 0.05) is 43.6 Å². The van der Waals surface area contributed by atoms with E-state index in [4.69, 9.17) is 0 Å². The van der Waals surface area contributed by atoms with Crippen LogP contribution in [0.15, 0.2) is 60.9 Å². The first kappa shape index (κ1) is 22.3. The Morgan fingerprint density at radius 3 is 2.53 bits per heavy atom. The molecule has 1 aromatic heterocycles. The molecule has 0 radical (unpaired) electrons. The second-order valence-corrected chi connectivity index (χ2v) is 9.45. The van der Waals surface area contributed by atoms with Crippen molar-refractivity contribution in [3.63, 3.8) is 0 Å². The van der Waals surface area contributed by atoms with Gasteiger partial charge in [0.15, 0.2) is 0 Å². The Morgan fingerprint density at radius 1 is 1.03 bits per heavy atom. The molecule has 1 aliphatic heterocycles. The van der Waals surface area contributed by atoms with Crippen LogP contribution in [-0.2, 0) is 17.9 Å². The summed E-state index contributed by atoms with van der Waals surface area (Å²) in [4.78, 5) is 27.8. The average Bonchev–Trinajstić information content (AvgIpc) is 3.50. The van der Waals surface area contributed by atoms with Gasteiger partial charge < -0.3 is 10.2 Å². The van der Waals surface area contributed by atoms with Crippen molar-refractivity contribution in [1.82, 2.24) is 30.4 Å². The van der Waals surface area contributed by atoms with E-state index in [0.717, 1.165) is 48.9 Å². The van der Waals surface area contributed by atoms with E-state index in [9.17, 15) is 9.59 Å². The molecule has 1 saturated carbocycles. The molecule has 1 fully saturated rings. The fourth-order valence-electron chi connectivity index (χ4n) is 5.24. The predicted octanol–water partition coefficient (Wildman–Crippen LogP) is 3.04. The molecule has 0 bridgehead atoms. The number of nitrogens with zero attached hydrogens (tertiary/aromatic N) is 5. The molecule has 2 aromatic carbocycles. The van der Waals surface area contributed by atoms with Crippen molar-refractivity contribution in [3.8, 4) is 0 Å². The maximum absolute atomic E-state index is 13.0. The Kier molecular flexibility index (Phi) is 6.65. The lowest BCUT2D eigenvalue weighted by Crippen LogP contribution is -2.39. The topological polar surface area (TPSA) is 93.0 Å². The van der Waals surface area contributed by atoms with Crippen molar-refractivity contribution in [2.75, 3.05) is 13.1 Å². The molecule has 2 aliphatic rings. The third-order valence-corrected chi connectivity index (χ3v) is 7.18. The Hall–Kier alpha value is -3.55. The summed E-state index contributed by atoms with van der Waals surface area (Å²) in [7, 11) is 0. The first-order valence-electron chi connectivity index (χ1n) is 12.1. The molecule has 0 spiro atoms. The van der Waals surface area contributed by atoms with Crippen LogP contribution in [0.2, 0.25) is 0 Å². The minimum absolute atomic E-state index is 0.0409. The minimum Gasteiger partial charge on any atom is -0.355 e. The highest BCUT2D eigenvalue weighted by atomic mass is 16.2.